The van der Waals surface area contributed by atoms with Crippen LogP contribution in [0.5, 0.6) is 5.75 Å². The maximum Gasteiger partial charge on any atom is 0.510 e. The van der Waals surface area contributed by atoms with E-state index in [-0.39, 0.29) is 67.7 Å². The summed E-state index contributed by atoms with van der Waals surface area (Å²) in [5, 5.41) is 16.2. The molecule has 0 saturated carbocycles. The molecule has 2 amide bonds. The van der Waals surface area contributed by atoms with E-state index in [9.17, 15) is 29.1 Å². The number of nitrogens with zero attached hydrogens (tertiary/aromatic N) is 2. The third-order valence-corrected chi connectivity index (χ3v) is 9.00. The van der Waals surface area contributed by atoms with Gasteiger partial charge in [-0.3, -0.25) is 14.4 Å². The van der Waals surface area contributed by atoms with Crippen LogP contribution in [0.15, 0.2) is 53.3 Å². The van der Waals surface area contributed by atoms with Crippen LogP contribution in [0.4, 0.5) is 10.5 Å². The molecule has 0 unspecified atom stereocenters. The number of nitrogens with one attached hydrogen (secondary N) is 2. The molecule has 51 heavy (non-hydrogen) atoms. The number of ether oxygens (including phenoxy) is 4. The molecule has 0 saturated heterocycles. The molecule has 2 aromatic carbocycles. The minimum Gasteiger partial charge on any atom is -0.508 e. The molecule has 0 aliphatic carbocycles. The van der Waals surface area contributed by atoms with Crippen LogP contribution in [0.2, 0.25) is 0 Å². The summed E-state index contributed by atoms with van der Waals surface area (Å²) < 4.78 is 23.3. The highest BCUT2D eigenvalue weighted by atomic mass is 16.7. The summed E-state index contributed by atoms with van der Waals surface area (Å²) in [6.45, 7) is 5.33. The average molecular weight is 699 g/mol. The highest BCUT2D eigenvalue weighted by Crippen LogP contribution is 2.42. The van der Waals surface area contributed by atoms with Crippen molar-refractivity contribution in [1.82, 2.24) is 14.9 Å². The van der Waals surface area contributed by atoms with Gasteiger partial charge >= 0.3 is 12.1 Å². The van der Waals surface area contributed by atoms with Gasteiger partial charge in [0.1, 0.15) is 32.2 Å². The Labute approximate surface area is 292 Å². The lowest BCUT2D eigenvalue weighted by Crippen LogP contribution is -2.47. The number of aromatic hydroxyl groups is 1. The van der Waals surface area contributed by atoms with Crippen molar-refractivity contribution in [3.8, 4) is 17.1 Å². The summed E-state index contributed by atoms with van der Waals surface area (Å²) in [5.74, 6) is -1.45. The molecule has 2 aliphatic rings. The van der Waals surface area contributed by atoms with Crippen molar-refractivity contribution in [1.29, 1.82) is 0 Å². The van der Waals surface area contributed by atoms with Gasteiger partial charge in [-0.2, -0.15) is 0 Å². The molecule has 0 fully saturated rings. The predicted molar refractivity (Wildman–Crippen MR) is 184 cm³/mol. The molecule has 14 nitrogen and oxygen atoms in total. The Morgan fingerprint density at radius 3 is 2.49 bits per heavy atom. The number of anilines is 1. The zero-order valence-corrected chi connectivity index (χ0v) is 28.5. The molecule has 0 radical (unpaired) electrons. The number of benzene rings is 2. The van der Waals surface area contributed by atoms with Crippen molar-refractivity contribution in [3.63, 3.8) is 0 Å². The van der Waals surface area contributed by atoms with E-state index in [1.165, 1.54) is 0 Å². The van der Waals surface area contributed by atoms with Crippen LogP contribution >= 0.6 is 0 Å². The molecule has 266 valence electrons. The van der Waals surface area contributed by atoms with E-state index >= 15 is 0 Å². The van der Waals surface area contributed by atoms with Crippen molar-refractivity contribution in [2.45, 2.75) is 65.4 Å². The molecule has 2 aromatic heterocycles. The maximum atomic E-state index is 13.9. The van der Waals surface area contributed by atoms with E-state index in [2.05, 4.69) is 10.6 Å². The first-order chi connectivity index (χ1) is 24.6. The van der Waals surface area contributed by atoms with Crippen molar-refractivity contribution >= 4 is 40.5 Å². The number of hydrogen-bond donors (Lipinski definition) is 3. The zero-order chi connectivity index (χ0) is 36.3. The summed E-state index contributed by atoms with van der Waals surface area (Å²) in [5.41, 5.74) is 2.64. The van der Waals surface area contributed by atoms with Crippen LogP contribution in [0.1, 0.15) is 61.4 Å². The number of fused-ring (bicyclic) bond motifs is 5. The topological polar surface area (TPSA) is 184 Å². The molecular formula is C37H38N4O10. The van der Waals surface area contributed by atoms with E-state index < -0.39 is 23.6 Å². The van der Waals surface area contributed by atoms with Crippen LogP contribution < -0.4 is 16.2 Å². The van der Waals surface area contributed by atoms with Crippen molar-refractivity contribution in [2.75, 3.05) is 25.1 Å². The van der Waals surface area contributed by atoms with Gasteiger partial charge in [-0.1, -0.05) is 32.9 Å². The Balaban J connectivity index is 1.16. The van der Waals surface area contributed by atoms with Crippen LogP contribution in [0, 0.1) is 0 Å². The molecule has 4 aromatic rings. The first-order valence-corrected chi connectivity index (χ1v) is 16.8. The number of amides is 2. The zero-order valence-electron chi connectivity index (χ0n) is 28.5. The minimum atomic E-state index is -1.94. The fourth-order valence-corrected chi connectivity index (χ4v) is 6.46. The van der Waals surface area contributed by atoms with Crippen LogP contribution in [0.25, 0.3) is 22.3 Å². The second-order valence-corrected chi connectivity index (χ2v) is 12.3. The van der Waals surface area contributed by atoms with E-state index in [0.717, 1.165) is 22.9 Å². The quantitative estimate of drug-likeness (QED) is 0.159. The van der Waals surface area contributed by atoms with Gasteiger partial charge in [0.25, 0.3) is 5.56 Å². The Morgan fingerprint density at radius 1 is 1.00 bits per heavy atom. The number of pyridine rings is 2. The standard InChI is InChI=1S/C37H38N4O10/c1-4-13-38-31(43)19-48-20-32(44)39-22-9-7-21(8-10-22)17-50-36(47)51-37(6-3)28-15-30-33-26(16-41(30)34(45)27(28)18-49-35(37)46)24(5-2)25-14-23(42)11-12-29(25)40-33/h7-12,14-15,42H,4-6,13,16-20H2,1-3H3,(H,38,43)(H,39,44)/t37-/m0/s1. The van der Waals surface area contributed by atoms with Crippen LogP contribution in [-0.4, -0.2) is 58.4 Å². The number of aromatic nitrogens is 2. The van der Waals surface area contributed by atoms with Crippen molar-refractivity contribution < 1.29 is 43.2 Å². The first kappa shape index (κ1) is 35.1. The highest BCUT2D eigenvalue weighted by molar-refractivity contribution is 5.92. The van der Waals surface area contributed by atoms with Gasteiger partial charge in [0, 0.05) is 28.7 Å². The summed E-state index contributed by atoms with van der Waals surface area (Å²) in [4.78, 5) is 69.1. The smallest absolute Gasteiger partial charge is 0.508 e. The van der Waals surface area contributed by atoms with Crippen LogP contribution in [-0.2, 0) is 65.1 Å². The lowest BCUT2D eigenvalue weighted by Gasteiger charge is -2.35. The third kappa shape index (κ3) is 6.86. The summed E-state index contributed by atoms with van der Waals surface area (Å²) in [7, 11) is 0. The molecule has 4 heterocycles. The van der Waals surface area contributed by atoms with Gasteiger partial charge in [0.05, 0.1) is 29.0 Å². The summed E-state index contributed by atoms with van der Waals surface area (Å²) in [6, 6.07) is 13.1. The normalized spacial score (nSPS) is 15.7. The van der Waals surface area contributed by atoms with Gasteiger partial charge in [-0.25, -0.2) is 14.6 Å². The van der Waals surface area contributed by atoms with Crippen LogP contribution in [0.3, 0.4) is 0 Å². The average Bonchev–Trinajstić information content (AvgIpc) is 3.49. The largest absolute Gasteiger partial charge is 0.510 e. The third-order valence-electron chi connectivity index (χ3n) is 9.00. The van der Waals surface area contributed by atoms with E-state index in [4.69, 9.17) is 23.9 Å². The van der Waals surface area contributed by atoms with Gasteiger partial charge in [0.15, 0.2) is 0 Å². The predicted octanol–water partition coefficient (Wildman–Crippen LogP) is 4.19. The van der Waals surface area contributed by atoms with Gasteiger partial charge in [0.2, 0.25) is 17.4 Å². The maximum absolute atomic E-state index is 13.9. The Kier molecular flexibility index (Phi) is 10.1. The number of esters is 1. The van der Waals surface area contributed by atoms with Gasteiger partial charge < -0.3 is 39.3 Å². The Morgan fingerprint density at radius 2 is 1.76 bits per heavy atom. The lowest BCUT2D eigenvalue weighted by molar-refractivity contribution is -0.175. The lowest BCUT2D eigenvalue weighted by atomic mass is 9.85. The number of rotatable bonds is 12. The van der Waals surface area contributed by atoms with Crippen molar-refractivity contribution in [2.24, 2.45) is 0 Å². The molecule has 0 bridgehead atoms. The Bertz CT molecular complexity index is 2090. The van der Waals surface area contributed by atoms with E-state index in [1.54, 1.807) is 60.0 Å². The fourth-order valence-electron chi connectivity index (χ4n) is 6.46. The SMILES string of the molecule is CCCNC(=O)COCC(=O)Nc1ccc(COC(=O)O[C@]2(CC)C(=O)OCc3c2cc2n(c3=O)Cc3c-2nc2ccc(O)cc2c3CC)cc1. The fraction of sp³-hybridized carbons (Fsp3) is 0.351. The highest BCUT2D eigenvalue weighted by Gasteiger charge is 2.51. The monoisotopic (exact) mass is 698 g/mol. The van der Waals surface area contributed by atoms with Gasteiger partial charge in [-0.15, -0.1) is 0 Å². The number of phenolic OH excluding ortho intramolecular Hbond substituents is 1. The van der Waals surface area contributed by atoms with E-state index in [0.29, 0.717) is 41.1 Å². The second-order valence-electron chi connectivity index (χ2n) is 12.3. The molecule has 14 heteroatoms. The second kappa shape index (κ2) is 14.6. The number of cyclic esters (lactones) is 1. The molecule has 2 aliphatic heterocycles. The summed E-state index contributed by atoms with van der Waals surface area (Å²) in [6.07, 6.45) is 0.255. The molecule has 0 spiro atoms. The van der Waals surface area contributed by atoms with Gasteiger partial charge in [-0.05, 0) is 66.8 Å². The number of hydrogen-bond acceptors (Lipinski definition) is 11. The molecule has 1 atom stereocenters. The van der Waals surface area contributed by atoms with E-state index in [1.807, 2.05) is 13.8 Å². The summed E-state index contributed by atoms with van der Waals surface area (Å²) >= 11 is 0. The number of phenols is 1. The minimum absolute atomic E-state index is 0.0319. The first-order valence-electron chi connectivity index (χ1n) is 16.8. The molecule has 6 rings (SSSR count). The molecule has 3 N–H and O–H groups in total. The number of carbonyl (C=O) groups is 4. The molecular weight excluding hydrogens is 660 g/mol. The van der Waals surface area contributed by atoms with Crippen molar-refractivity contribution in [3.05, 3.63) is 86.7 Å². The number of carbonyl (C=O) groups excluding carboxylic acids is 4. The Hall–Kier alpha value is -5.76. The number of aryl methyl sites for hydroxylation is 1.